The van der Waals surface area contributed by atoms with Gasteiger partial charge in [-0.2, -0.15) is 0 Å². The molecule has 2 N–H and O–H groups in total. The van der Waals surface area contributed by atoms with Crippen molar-refractivity contribution in [2.24, 2.45) is 5.92 Å². The predicted molar refractivity (Wildman–Crippen MR) is 88.3 cm³/mol. The minimum absolute atomic E-state index is 0.0190. The second kappa shape index (κ2) is 8.14. The van der Waals surface area contributed by atoms with Crippen molar-refractivity contribution in [3.63, 3.8) is 0 Å². The number of aliphatic hydroxyl groups excluding tert-OH is 1. The summed E-state index contributed by atoms with van der Waals surface area (Å²) in [4.78, 5) is 11.2. The van der Waals surface area contributed by atoms with Crippen LogP contribution in [0.3, 0.4) is 0 Å². The molecule has 1 aliphatic carbocycles. The van der Waals surface area contributed by atoms with E-state index < -0.39 is 5.97 Å². The number of unbranched alkanes of at least 4 members (excludes halogenated alkanes) is 3. The van der Waals surface area contributed by atoms with Gasteiger partial charge in [0.15, 0.2) is 0 Å². The van der Waals surface area contributed by atoms with Gasteiger partial charge < -0.3 is 10.2 Å². The van der Waals surface area contributed by atoms with Gasteiger partial charge >= 0.3 is 5.97 Å². The van der Waals surface area contributed by atoms with Crippen LogP contribution in [-0.2, 0) is 6.42 Å². The molecule has 1 aliphatic rings. The first-order valence-corrected chi connectivity index (χ1v) is 8.31. The topological polar surface area (TPSA) is 57.5 Å². The molecule has 0 radical (unpaired) electrons. The Bertz CT molecular complexity index is 533. The van der Waals surface area contributed by atoms with Crippen molar-refractivity contribution in [3.05, 3.63) is 47.0 Å². The number of benzene rings is 1. The lowest BCUT2D eigenvalue weighted by molar-refractivity contribution is 0.0696. The highest BCUT2D eigenvalue weighted by atomic mass is 16.4. The van der Waals surface area contributed by atoms with E-state index in [2.05, 4.69) is 19.1 Å². The van der Waals surface area contributed by atoms with E-state index in [1.54, 1.807) is 12.1 Å². The molecule has 2 atom stereocenters. The van der Waals surface area contributed by atoms with E-state index in [4.69, 9.17) is 5.11 Å². The molecule has 3 nitrogen and oxygen atoms in total. The Kier molecular flexibility index (Phi) is 6.20. The summed E-state index contributed by atoms with van der Waals surface area (Å²) in [5.41, 5.74) is 2.50. The van der Waals surface area contributed by atoms with Crippen molar-refractivity contribution in [2.75, 3.05) is 6.61 Å². The van der Waals surface area contributed by atoms with Crippen LogP contribution in [0.5, 0.6) is 0 Å². The van der Waals surface area contributed by atoms with Crippen LogP contribution in [0.1, 0.15) is 66.4 Å². The molecule has 0 saturated carbocycles. The number of hydrogen-bond donors (Lipinski definition) is 2. The van der Waals surface area contributed by atoms with Gasteiger partial charge in [0, 0.05) is 5.92 Å². The zero-order valence-corrected chi connectivity index (χ0v) is 13.3. The molecular formula is C19H26O3. The number of allylic oxidation sites excluding steroid dienone is 2. The summed E-state index contributed by atoms with van der Waals surface area (Å²) in [6.07, 6.45) is 11.2. The molecule has 0 bridgehead atoms. The molecule has 0 amide bonds. The van der Waals surface area contributed by atoms with Gasteiger partial charge in [-0.1, -0.05) is 38.0 Å². The van der Waals surface area contributed by atoms with Crippen LogP contribution in [0.2, 0.25) is 0 Å². The zero-order chi connectivity index (χ0) is 15.9. The highest BCUT2D eigenvalue weighted by Gasteiger charge is 2.28. The highest BCUT2D eigenvalue weighted by Crippen LogP contribution is 2.37. The first-order valence-electron chi connectivity index (χ1n) is 8.31. The lowest BCUT2D eigenvalue weighted by Gasteiger charge is -2.31. The summed E-state index contributed by atoms with van der Waals surface area (Å²) >= 11 is 0. The average Bonchev–Trinajstić information content (AvgIpc) is 2.53. The molecule has 0 spiro atoms. The number of aromatic carboxylic acids is 1. The first kappa shape index (κ1) is 16.8. The molecule has 0 saturated heterocycles. The Labute approximate surface area is 132 Å². The summed E-state index contributed by atoms with van der Waals surface area (Å²) < 4.78 is 0. The molecule has 120 valence electrons. The fraction of sp³-hybridized carbons (Fsp3) is 0.526. The van der Waals surface area contributed by atoms with Crippen LogP contribution in [-0.4, -0.2) is 22.8 Å². The lowest BCUT2D eigenvalue weighted by atomic mass is 9.74. The van der Waals surface area contributed by atoms with Crippen molar-refractivity contribution < 1.29 is 15.0 Å². The van der Waals surface area contributed by atoms with E-state index in [0.717, 1.165) is 24.8 Å². The summed E-state index contributed by atoms with van der Waals surface area (Å²) in [6.45, 7) is 2.27. The first-order chi connectivity index (χ1) is 10.7. The Morgan fingerprint density at radius 1 is 1.36 bits per heavy atom. The maximum absolute atomic E-state index is 11.2. The van der Waals surface area contributed by atoms with Crippen LogP contribution in [0.25, 0.3) is 0 Å². The Hall–Kier alpha value is -1.61. The number of carboxylic acids is 1. The van der Waals surface area contributed by atoms with E-state index in [1.165, 1.54) is 24.8 Å². The number of hydrogen-bond acceptors (Lipinski definition) is 2. The number of rotatable bonds is 7. The van der Waals surface area contributed by atoms with Crippen LogP contribution in [0, 0.1) is 5.92 Å². The van der Waals surface area contributed by atoms with Gasteiger partial charge in [-0.3, -0.25) is 0 Å². The maximum Gasteiger partial charge on any atom is 0.335 e. The third-order valence-corrected chi connectivity index (χ3v) is 4.61. The van der Waals surface area contributed by atoms with Gasteiger partial charge in [0.2, 0.25) is 0 Å². The highest BCUT2D eigenvalue weighted by molar-refractivity contribution is 5.88. The minimum atomic E-state index is -0.906. The Morgan fingerprint density at radius 3 is 2.86 bits per heavy atom. The van der Waals surface area contributed by atoms with Crippen LogP contribution in [0.4, 0.5) is 0 Å². The minimum Gasteiger partial charge on any atom is -0.478 e. The summed E-state index contributed by atoms with van der Waals surface area (Å²) in [6, 6.07) is 5.31. The van der Waals surface area contributed by atoms with Crippen molar-refractivity contribution in [1.29, 1.82) is 0 Å². The van der Waals surface area contributed by atoms with Crippen molar-refractivity contribution in [2.45, 2.75) is 51.4 Å². The van der Waals surface area contributed by atoms with Gasteiger partial charge in [0.1, 0.15) is 0 Å². The smallest absolute Gasteiger partial charge is 0.335 e. The molecule has 1 aromatic carbocycles. The molecule has 0 heterocycles. The van der Waals surface area contributed by atoms with E-state index in [1.807, 2.05) is 6.07 Å². The van der Waals surface area contributed by atoms with Crippen molar-refractivity contribution in [1.82, 2.24) is 0 Å². The van der Waals surface area contributed by atoms with Crippen LogP contribution >= 0.6 is 0 Å². The summed E-state index contributed by atoms with van der Waals surface area (Å²) in [5, 5.41) is 19.0. The fourth-order valence-corrected chi connectivity index (χ4v) is 3.30. The molecule has 0 aromatic heterocycles. The maximum atomic E-state index is 11.2. The molecule has 2 rings (SSSR count). The number of aryl methyl sites for hydroxylation is 1. The molecular weight excluding hydrogens is 276 g/mol. The number of carbonyl (C=O) groups is 1. The predicted octanol–water partition coefficient (Wildman–Crippen LogP) is 4.16. The number of carboxylic acid groups (broad SMARTS) is 1. The second-order valence-electron chi connectivity index (χ2n) is 6.13. The van der Waals surface area contributed by atoms with Gasteiger partial charge in [0.05, 0.1) is 12.2 Å². The van der Waals surface area contributed by atoms with Gasteiger partial charge in [0.25, 0.3) is 0 Å². The third-order valence-electron chi connectivity index (χ3n) is 4.61. The average molecular weight is 302 g/mol. The van der Waals surface area contributed by atoms with Crippen LogP contribution in [0.15, 0.2) is 30.4 Å². The van der Waals surface area contributed by atoms with Gasteiger partial charge in [-0.25, -0.2) is 4.79 Å². The second-order valence-corrected chi connectivity index (χ2v) is 6.13. The number of fused-ring (bicyclic) bond motifs is 1. The monoisotopic (exact) mass is 302 g/mol. The largest absolute Gasteiger partial charge is 0.478 e. The molecule has 22 heavy (non-hydrogen) atoms. The Morgan fingerprint density at radius 2 is 2.18 bits per heavy atom. The zero-order valence-electron chi connectivity index (χ0n) is 13.3. The van der Waals surface area contributed by atoms with Gasteiger partial charge in [-0.15, -0.1) is 0 Å². The standard InChI is InChI=1S/C19H26O3/c1-2-3-4-5-6-7-14-8-9-15-10-11-16(19(21)22)12-17(15)18(14)13-20/h6-7,10-12,14,18,20H,2-5,8-9,13H2,1H3,(H,21,22)/b7-6-/t14-,18-/m0/s1. The molecule has 3 heteroatoms. The molecule has 0 unspecified atom stereocenters. The summed E-state index contributed by atoms with van der Waals surface area (Å²) in [5.74, 6) is -0.578. The van der Waals surface area contributed by atoms with E-state index >= 15 is 0 Å². The summed E-state index contributed by atoms with van der Waals surface area (Å²) in [7, 11) is 0. The van der Waals surface area contributed by atoms with E-state index in [-0.39, 0.29) is 12.5 Å². The van der Waals surface area contributed by atoms with Crippen molar-refractivity contribution >= 4 is 5.97 Å². The van der Waals surface area contributed by atoms with E-state index in [9.17, 15) is 9.90 Å². The number of aliphatic hydroxyl groups is 1. The van der Waals surface area contributed by atoms with E-state index in [0.29, 0.717) is 11.5 Å². The fourth-order valence-electron chi connectivity index (χ4n) is 3.30. The Balaban J connectivity index is 2.13. The normalized spacial score (nSPS) is 21.0. The quantitative estimate of drug-likeness (QED) is 0.587. The molecule has 0 fully saturated rings. The SMILES string of the molecule is CCCCC/C=C\[C@H]1CCc2ccc(C(=O)O)cc2[C@H]1CO. The molecule has 1 aromatic rings. The molecule has 0 aliphatic heterocycles. The lowest BCUT2D eigenvalue weighted by Crippen LogP contribution is -2.22. The third kappa shape index (κ3) is 3.98. The van der Waals surface area contributed by atoms with Crippen LogP contribution < -0.4 is 0 Å². The van der Waals surface area contributed by atoms with Crippen molar-refractivity contribution in [3.8, 4) is 0 Å². The van der Waals surface area contributed by atoms with Gasteiger partial charge in [-0.05, 0) is 54.9 Å².